The van der Waals surface area contributed by atoms with Gasteiger partial charge in [-0.25, -0.2) is 4.99 Å². The highest BCUT2D eigenvalue weighted by molar-refractivity contribution is 5.84. The van der Waals surface area contributed by atoms with Gasteiger partial charge in [-0.15, -0.1) is 0 Å². The number of hydrogen-bond donors (Lipinski definition) is 3. The Hall–Kier alpha value is -1.26. The Morgan fingerprint density at radius 2 is 1.80 bits per heavy atom. The molecule has 0 saturated heterocycles. The molecule has 20 heavy (non-hydrogen) atoms. The van der Waals surface area contributed by atoms with Gasteiger partial charge in [0.05, 0.1) is 0 Å². The predicted octanol–water partition coefficient (Wildman–Crippen LogP) is 2.02. The van der Waals surface area contributed by atoms with Crippen LogP contribution in [0.25, 0.3) is 0 Å². The molecule has 0 rings (SSSR count). The number of carbonyl (C=O) groups excluding carboxylic acids is 1. The minimum Gasteiger partial charge on any atom is -0.370 e. The third-order valence-corrected chi connectivity index (χ3v) is 2.72. The number of nitrogens with two attached hydrogens (primary N) is 1. The SMILES string of the molecule is CC(C)CCCC(C)NC(N)=NCC(=O)NC(C)(C)C. The van der Waals surface area contributed by atoms with E-state index in [4.69, 9.17) is 5.73 Å². The van der Waals surface area contributed by atoms with Crippen LogP contribution in [0.3, 0.4) is 0 Å². The van der Waals surface area contributed by atoms with Crippen LogP contribution in [-0.4, -0.2) is 30.0 Å². The number of rotatable bonds is 7. The molecule has 0 heterocycles. The maximum Gasteiger partial charge on any atom is 0.242 e. The first-order valence-corrected chi connectivity index (χ1v) is 7.47. The van der Waals surface area contributed by atoms with Crippen LogP contribution in [0, 0.1) is 5.92 Å². The van der Waals surface area contributed by atoms with Crippen LogP contribution < -0.4 is 16.4 Å². The smallest absolute Gasteiger partial charge is 0.242 e. The first kappa shape index (κ1) is 18.7. The van der Waals surface area contributed by atoms with Crippen LogP contribution >= 0.6 is 0 Å². The Labute approximate surface area is 123 Å². The lowest BCUT2D eigenvalue weighted by atomic mass is 10.0. The first-order chi connectivity index (χ1) is 9.10. The van der Waals surface area contributed by atoms with Crippen molar-refractivity contribution in [1.29, 1.82) is 0 Å². The van der Waals surface area contributed by atoms with E-state index in [1.165, 1.54) is 12.8 Å². The molecule has 0 aliphatic heterocycles. The topological polar surface area (TPSA) is 79.5 Å². The van der Waals surface area contributed by atoms with Gasteiger partial charge in [-0.1, -0.05) is 26.7 Å². The van der Waals surface area contributed by atoms with Crippen LogP contribution in [0.4, 0.5) is 0 Å². The van der Waals surface area contributed by atoms with E-state index in [-0.39, 0.29) is 24.0 Å². The zero-order chi connectivity index (χ0) is 15.8. The Kier molecular flexibility index (Phi) is 8.26. The average Bonchev–Trinajstić information content (AvgIpc) is 2.23. The molecule has 0 aliphatic carbocycles. The molecular formula is C15H32N4O. The maximum atomic E-state index is 11.6. The van der Waals surface area contributed by atoms with Gasteiger partial charge in [0.15, 0.2) is 5.96 Å². The van der Waals surface area contributed by atoms with Crippen molar-refractivity contribution in [3.8, 4) is 0 Å². The summed E-state index contributed by atoms with van der Waals surface area (Å²) in [6, 6.07) is 0.281. The number of hydrogen-bond acceptors (Lipinski definition) is 2. The Morgan fingerprint density at radius 3 is 2.30 bits per heavy atom. The van der Waals surface area contributed by atoms with Crippen LogP contribution in [0.5, 0.6) is 0 Å². The lowest BCUT2D eigenvalue weighted by Crippen LogP contribution is -2.43. The normalized spacial score (nSPS) is 14.2. The molecule has 0 aromatic heterocycles. The fourth-order valence-corrected chi connectivity index (χ4v) is 1.82. The number of nitrogens with zero attached hydrogens (tertiary/aromatic N) is 1. The molecule has 1 unspecified atom stereocenters. The van der Waals surface area contributed by atoms with E-state index in [0.717, 1.165) is 12.3 Å². The largest absolute Gasteiger partial charge is 0.370 e. The second-order valence-electron chi connectivity index (χ2n) is 6.87. The highest BCUT2D eigenvalue weighted by Gasteiger charge is 2.13. The summed E-state index contributed by atoms with van der Waals surface area (Å²) >= 11 is 0. The van der Waals surface area contributed by atoms with E-state index >= 15 is 0 Å². The molecule has 1 amide bonds. The molecule has 0 aliphatic rings. The van der Waals surface area contributed by atoms with E-state index in [9.17, 15) is 4.79 Å². The monoisotopic (exact) mass is 284 g/mol. The molecule has 0 aromatic carbocycles. The molecule has 1 atom stereocenters. The summed E-state index contributed by atoms with van der Waals surface area (Å²) < 4.78 is 0. The fraction of sp³-hybridized carbons (Fsp3) is 0.867. The highest BCUT2D eigenvalue weighted by Crippen LogP contribution is 2.07. The van der Waals surface area contributed by atoms with Crippen LogP contribution in [0.2, 0.25) is 0 Å². The molecule has 4 N–H and O–H groups in total. The number of aliphatic imine (C=N–C) groups is 1. The standard InChI is InChI=1S/C15H32N4O/c1-11(2)8-7-9-12(3)18-14(16)17-10-13(20)19-15(4,5)6/h11-12H,7-10H2,1-6H3,(H,19,20)(H3,16,17,18). The average molecular weight is 284 g/mol. The van der Waals surface area contributed by atoms with Crippen molar-refractivity contribution in [3.05, 3.63) is 0 Å². The second kappa shape index (κ2) is 8.82. The van der Waals surface area contributed by atoms with Crippen molar-refractivity contribution < 1.29 is 4.79 Å². The Morgan fingerprint density at radius 1 is 1.20 bits per heavy atom. The van der Waals surface area contributed by atoms with Gasteiger partial charge in [-0.3, -0.25) is 4.79 Å². The minimum absolute atomic E-state index is 0.0643. The summed E-state index contributed by atoms with van der Waals surface area (Å²) in [4.78, 5) is 15.7. The summed E-state index contributed by atoms with van der Waals surface area (Å²) in [6.45, 7) is 12.4. The van der Waals surface area contributed by atoms with Gasteiger partial charge in [0.25, 0.3) is 0 Å². The van der Waals surface area contributed by atoms with Crippen LogP contribution in [0.1, 0.15) is 60.8 Å². The summed E-state index contributed by atoms with van der Waals surface area (Å²) in [5.74, 6) is 0.954. The van der Waals surface area contributed by atoms with Gasteiger partial charge in [-0.05, 0) is 40.0 Å². The van der Waals surface area contributed by atoms with E-state index in [1.807, 2.05) is 20.8 Å². The Balaban J connectivity index is 3.98. The molecule has 118 valence electrons. The van der Waals surface area contributed by atoms with Gasteiger partial charge >= 0.3 is 0 Å². The third kappa shape index (κ3) is 11.8. The summed E-state index contributed by atoms with van der Waals surface area (Å²) in [5.41, 5.74) is 5.54. The zero-order valence-electron chi connectivity index (χ0n) is 13.9. The van der Waals surface area contributed by atoms with Crippen LogP contribution in [-0.2, 0) is 4.79 Å². The second-order valence-corrected chi connectivity index (χ2v) is 6.87. The quantitative estimate of drug-likeness (QED) is 0.494. The van der Waals surface area contributed by atoms with E-state index in [0.29, 0.717) is 5.96 Å². The summed E-state index contributed by atoms with van der Waals surface area (Å²) in [7, 11) is 0. The van der Waals surface area contributed by atoms with Gasteiger partial charge in [0, 0.05) is 11.6 Å². The molecule has 0 bridgehead atoms. The van der Waals surface area contributed by atoms with Crippen molar-refractivity contribution in [3.63, 3.8) is 0 Å². The molecular weight excluding hydrogens is 252 g/mol. The Bertz CT molecular complexity index is 318. The highest BCUT2D eigenvalue weighted by atomic mass is 16.2. The van der Waals surface area contributed by atoms with Gasteiger partial charge in [0.1, 0.15) is 6.54 Å². The molecule has 0 spiro atoms. The molecule has 0 saturated carbocycles. The lowest BCUT2D eigenvalue weighted by molar-refractivity contribution is -0.121. The van der Waals surface area contributed by atoms with Crippen LogP contribution in [0.15, 0.2) is 4.99 Å². The van der Waals surface area contributed by atoms with Gasteiger partial charge in [-0.2, -0.15) is 0 Å². The van der Waals surface area contributed by atoms with Crippen molar-refractivity contribution in [1.82, 2.24) is 10.6 Å². The van der Waals surface area contributed by atoms with Gasteiger partial charge in [0.2, 0.25) is 5.91 Å². The number of nitrogens with one attached hydrogen (secondary N) is 2. The van der Waals surface area contributed by atoms with E-state index < -0.39 is 0 Å². The lowest BCUT2D eigenvalue weighted by Gasteiger charge is -2.20. The molecule has 0 fully saturated rings. The summed E-state index contributed by atoms with van der Waals surface area (Å²) in [6.07, 6.45) is 3.45. The minimum atomic E-state index is -0.237. The van der Waals surface area contributed by atoms with Crippen molar-refractivity contribution >= 4 is 11.9 Å². The molecule has 0 aromatic rings. The zero-order valence-corrected chi connectivity index (χ0v) is 13.9. The first-order valence-electron chi connectivity index (χ1n) is 7.47. The maximum absolute atomic E-state index is 11.6. The number of carbonyl (C=O) groups is 1. The predicted molar refractivity (Wildman–Crippen MR) is 85.7 cm³/mol. The molecule has 0 radical (unpaired) electrons. The number of amides is 1. The van der Waals surface area contributed by atoms with E-state index in [1.54, 1.807) is 0 Å². The van der Waals surface area contributed by atoms with Crippen molar-refractivity contribution in [2.24, 2.45) is 16.6 Å². The van der Waals surface area contributed by atoms with E-state index in [2.05, 4.69) is 36.4 Å². The third-order valence-electron chi connectivity index (χ3n) is 2.72. The van der Waals surface area contributed by atoms with Crippen molar-refractivity contribution in [2.75, 3.05) is 6.54 Å². The van der Waals surface area contributed by atoms with Crippen molar-refractivity contribution in [2.45, 2.75) is 72.4 Å². The molecule has 5 heteroatoms. The number of guanidine groups is 1. The summed E-state index contributed by atoms with van der Waals surface area (Å²) in [5, 5.41) is 5.96. The molecule has 5 nitrogen and oxygen atoms in total. The van der Waals surface area contributed by atoms with Gasteiger partial charge < -0.3 is 16.4 Å². The fourth-order valence-electron chi connectivity index (χ4n) is 1.82.